The maximum Gasteiger partial charge on any atom is 0.0821 e. The summed E-state index contributed by atoms with van der Waals surface area (Å²) in [7, 11) is 0. The second-order valence-corrected chi connectivity index (χ2v) is 2.32. The molecule has 0 aromatic heterocycles. The zero-order valence-corrected chi connectivity index (χ0v) is 5.29. The van der Waals surface area contributed by atoms with Crippen LogP contribution in [0.1, 0.15) is 12.8 Å². The molecule has 0 unspecified atom stereocenters. The van der Waals surface area contributed by atoms with Gasteiger partial charge in [0.1, 0.15) is 0 Å². The van der Waals surface area contributed by atoms with Gasteiger partial charge in [0, 0.05) is 13.2 Å². The summed E-state index contributed by atoms with van der Waals surface area (Å²) in [5, 5.41) is 18.1. The molecule has 0 bridgehead atoms. The second kappa shape index (κ2) is 3.15. The van der Waals surface area contributed by atoms with E-state index in [0.29, 0.717) is 26.1 Å². The van der Waals surface area contributed by atoms with Gasteiger partial charge in [-0.25, -0.2) is 0 Å². The fourth-order valence-electron chi connectivity index (χ4n) is 0.895. The van der Waals surface area contributed by atoms with Crippen molar-refractivity contribution in [2.75, 3.05) is 13.2 Å². The maximum absolute atomic E-state index is 9.03. The molecule has 3 heteroatoms. The summed E-state index contributed by atoms with van der Waals surface area (Å²) >= 11 is 0. The van der Waals surface area contributed by atoms with Crippen LogP contribution in [0.5, 0.6) is 0 Å². The van der Waals surface area contributed by atoms with Gasteiger partial charge in [0.15, 0.2) is 0 Å². The maximum atomic E-state index is 9.03. The largest absolute Gasteiger partial charge is 0.390 e. The monoisotopic (exact) mass is 132 g/mol. The number of hydrogen-bond donors (Lipinski definition) is 2. The average molecular weight is 132 g/mol. The Balaban J connectivity index is 2.32. The van der Waals surface area contributed by atoms with Crippen molar-refractivity contribution in [3.63, 3.8) is 0 Å². The van der Waals surface area contributed by atoms with Crippen LogP contribution in [0.2, 0.25) is 0 Å². The third-order valence-corrected chi connectivity index (χ3v) is 1.56. The molecule has 0 aromatic rings. The Kier molecular flexibility index (Phi) is 2.45. The minimum absolute atomic E-state index is 0.557. The van der Waals surface area contributed by atoms with Crippen molar-refractivity contribution in [1.82, 2.24) is 0 Å². The SMILES string of the molecule is O[C@H]1CCOCC[C@@H]1O. The van der Waals surface area contributed by atoms with Crippen molar-refractivity contribution >= 4 is 0 Å². The highest BCUT2D eigenvalue weighted by atomic mass is 16.5. The fourth-order valence-corrected chi connectivity index (χ4v) is 0.895. The van der Waals surface area contributed by atoms with E-state index in [4.69, 9.17) is 14.9 Å². The first-order valence-corrected chi connectivity index (χ1v) is 3.24. The van der Waals surface area contributed by atoms with Crippen LogP contribution in [0.15, 0.2) is 0 Å². The van der Waals surface area contributed by atoms with Crippen LogP contribution < -0.4 is 0 Å². The standard InChI is InChI=1S/C6H12O3/c7-5-1-3-9-4-2-6(5)8/h5-8H,1-4H2/t5-,6-/m0/s1. The molecule has 1 saturated heterocycles. The molecule has 1 fully saturated rings. The summed E-state index contributed by atoms with van der Waals surface area (Å²) in [6.07, 6.45) is -0.0394. The topological polar surface area (TPSA) is 49.7 Å². The highest BCUT2D eigenvalue weighted by Crippen LogP contribution is 2.07. The van der Waals surface area contributed by atoms with Crippen molar-refractivity contribution < 1.29 is 14.9 Å². The van der Waals surface area contributed by atoms with Crippen molar-refractivity contribution in [2.45, 2.75) is 25.0 Å². The lowest BCUT2D eigenvalue weighted by Crippen LogP contribution is -2.24. The van der Waals surface area contributed by atoms with Crippen LogP contribution in [-0.4, -0.2) is 35.6 Å². The number of aliphatic hydroxyl groups is 2. The normalized spacial score (nSPS) is 38.0. The van der Waals surface area contributed by atoms with E-state index in [-0.39, 0.29) is 0 Å². The quantitative estimate of drug-likeness (QED) is 0.468. The van der Waals surface area contributed by atoms with E-state index in [2.05, 4.69) is 0 Å². The van der Waals surface area contributed by atoms with Crippen LogP contribution in [0, 0.1) is 0 Å². The van der Waals surface area contributed by atoms with Gasteiger partial charge in [-0.3, -0.25) is 0 Å². The molecule has 1 rings (SSSR count). The molecule has 0 aromatic carbocycles. The smallest absolute Gasteiger partial charge is 0.0821 e. The van der Waals surface area contributed by atoms with Crippen molar-refractivity contribution in [2.24, 2.45) is 0 Å². The summed E-state index contributed by atoms with van der Waals surface area (Å²) < 4.78 is 5.02. The van der Waals surface area contributed by atoms with Crippen LogP contribution in [-0.2, 0) is 4.74 Å². The van der Waals surface area contributed by atoms with Gasteiger partial charge in [-0.05, 0) is 12.8 Å². The Morgan fingerprint density at radius 1 is 1.00 bits per heavy atom. The molecule has 0 aliphatic carbocycles. The second-order valence-electron chi connectivity index (χ2n) is 2.32. The summed E-state index contributed by atoms with van der Waals surface area (Å²) in [4.78, 5) is 0. The molecule has 2 atom stereocenters. The third-order valence-electron chi connectivity index (χ3n) is 1.56. The van der Waals surface area contributed by atoms with Crippen LogP contribution >= 0.6 is 0 Å². The van der Waals surface area contributed by atoms with E-state index >= 15 is 0 Å². The van der Waals surface area contributed by atoms with E-state index in [1.165, 1.54) is 0 Å². The Morgan fingerprint density at radius 2 is 1.44 bits per heavy atom. The minimum atomic E-state index is -0.576. The lowest BCUT2D eigenvalue weighted by molar-refractivity contribution is 0.0187. The zero-order valence-electron chi connectivity index (χ0n) is 5.29. The van der Waals surface area contributed by atoms with E-state index in [1.807, 2.05) is 0 Å². The van der Waals surface area contributed by atoms with Gasteiger partial charge in [0.05, 0.1) is 12.2 Å². The molecule has 0 radical (unpaired) electrons. The van der Waals surface area contributed by atoms with Crippen molar-refractivity contribution in [3.8, 4) is 0 Å². The molecule has 0 saturated carbocycles. The Hall–Kier alpha value is -0.120. The average Bonchev–Trinajstić information content (AvgIpc) is 1.99. The Bertz CT molecular complexity index is 74.4. The molecule has 9 heavy (non-hydrogen) atoms. The van der Waals surface area contributed by atoms with Crippen LogP contribution in [0.25, 0.3) is 0 Å². The van der Waals surface area contributed by atoms with E-state index in [9.17, 15) is 0 Å². The number of aliphatic hydroxyl groups excluding tert-OH is 2. The van der Waals surface area contributed by atoms with Gasteiger partial charge in [0.25, 0.3) is 0 Å². The van der Waals surface area contributed by atoms with Gasteiger partial charge in [-0.1, -0.05) is 0 Å². The molecule has 1 heterocycles. The van der Waals surface area contributed by atoms with Crippen LogP contribution in [0.3, 0.4) is 0 Å². The molecular formula is C6H12O3. The molecule has 1 aliphatic rings. The van der Waals surface area contributed by atoms with Gasteiger partial charge < -0.3 is 14.9 Å². The molecule has 0 amide bonds. The first-order valence-electron chi connectivity index (χ1n) is 3.24. The van der Waals surface area contributed by atoms with E-state index in [1.54, 1.807) is 0 Å². The van der Waals surface area contributed by atoms with Gasteiger partial charge in [-0.2, -0.15) is 0 Å². The highest BCUT2D eigenvalue weighted by Gasteiger charge is 2.18. The van der Waals surface area contributed by atoms with Crippen molar-refractivity contribution in [3.05, 3.63) is 0 Å². The summed E-state index contributed by atoms with van der Waals surface area (Å²) in [5.74, 6) is 0. The van der Waals surface area contributed by atoms with E-state index in [0.717, 1.165) is 0 Å². The summed E-state index contributed by atoms with van der Waals surface area (Å²) in [6, 6.07) is 0. The number of hydrogen-bond acceptors (Lipinski definition) is 3. The Morgan fingerprint density at radius 3 is 1.89 bits per heavy atom. The summed E-state index contributed by atoms with van der Waals surface area (Å²) in [6.45, 7) is 1.14. The molecule has 1 aliphatic heterocycles. The first kappa shape index (κ1) is 6.99. The third kappa shape index (κ3) is 1.93. The minimum Gasteiger partial charge on any atom is -0.390 e. The lowest BCUT2D eigenvalue weighted by Gasteiger charge is -2.11. The predicted molar refractivity (Wildman–Crippen MR) is 32.1 cm³/mol. The van der Waals surface area contributed by atoms with Crippen molar-refractivity contribution in [1.29, 1.82) is 0 Å². The molecule has 3 nitrogen and oxygen atoms in total. The van der Waals surface area contributed by atoms with Gasteiger partial charge >= 0.3 is 0 Å². The first-order chi connectivity index (χ1) is 4.30. The zero-order chi connectivity index (χ0) is 6.69. The lowest BCUT2D eigenvalue weighted by atomic mass is 10.1. The molecule has 54 valence electrons. The molecule has 0 spiro atoms. The molecular weight excluding hydrogens is 120 g/mol. The van der Waals surface area contributed by atoms with Gasteiger partial charge in [-0.15, -0.1) is 0 Å². The Labute approximate surface area is 54.3 Å². The van der Waals surface area contributed by atoms with E-state index < -0.39 is 12.2 Å². The van der Waals surface area contributed by atoms with Gasteiger partial charge in [0.2, 0.25) is 0 Å². The summed E-state index contributed by atoms with van der Waals surface area (Å²) in [5.41, 5.74) is 0. The van der Waals surface area contributed by atoms with Crippen LogP contribution in [0.4, 0.5) is 0 Å². The molecule has 2 N–H and O–H groups in total. The fraction of sp³-hybridized carbons (Fsp3) is 1.00. The number of rotatable bonds is 0. The highest BCUT2D eigenvalue weighted by molar-refractivity contribution is 4.68. The predicted octanol–water partition coefficient (Wildman–Crippen LogP) is -0.481. The number of ether oxygens (including phenoxy) is 1.